The quantitative estimate of drug-likeness (QED) is 0.920. The molecule has 23 heavy (non-hydrogen) atoms. The summed E-state index contributed by atoms with van der Waals surface area (Å²) >= 11 is 0. The summed E-state index contributed by atoms with van der Waals surface area (Å²) in [6.07, 6.45) is -4.37. The largest absolute Gasteiger partial charge is 0.405 e. The molecule has 1 aromatic carbocycles. The Morgan fingerprint density at radius 1 is 1.35 bits per heavy atom. The summed E-state index contributed by atoms with van der Waals surface area (Å²) in [7, 11) is 0. The maximum absolute atomic E-state index is 12.1. The Labute approximate surface area is 134 Å². The predicted octanol–water partition coefficient (Wildman–Crippen LogP) is 2.18. The van der Waals surface area contributed by atoms with Crippen LogP contribution in [0.1, 0.15) is 12.5 Å². The van der Waals surface area contributed by atoms with E-state index >= 15 is 0 Å². The number of nitrogens with one attached hydrogen (secondary N) is 1. The average Bonchev–Trinajstić information content (AvgIpc) is 2.44. The van der Waals surface area contributed by atoms with Crippen molar-refractivity contribution in [3.63, 3.8) is 0 Å². The zero-order chi connectivity index (χ0) is 17.0. The van der Waals surface area contributed by atoms with Gasteiger partial charge in [0.2, 0.25) is 5.91 Å². The van der Waals surface area contributed by atoms with Crippen molar-refractivity contribution in [3.8, 4) is 0 Å². The highest BCUT2D eigenvalue weighted by Gasteiger charge is 2.29. The second-order valence-corrected chi connectivity index (χ2v) is 6.01. The Morgan fingerprint density at radius 2 is 2.09 bits per heavy atom. The van der Waals surface area contributed by atoms with Gasteiger partial charge in [-0.3, -0.25) is 9.69 Å². The summed E-state index contributed by atoms with van der Waals surface area (Å²) in [6.45, 7) is 4.87. The molecule has 1 aliphatic rings. The minimum Gasteiger partial charge on any atom is -0.366 e. The van der Waals surface area contributed by atoms with Gasteiger partial charge >= 0.3 is 6.18 Å². The molecular weight excluding hydrogens is 307 g/mol. The molecule has 2 rings (SSSR count). The van der Waals surface area contributed by atoms with Crippen LogP contribution in [0.2, 0.25) is 0 Å². The summed E-state index contributed by atoms with van der Waals surface area (Å²) in [5, 5.41) is 1.92. The lowest BCUT2D eigenvalue weighted by Gasteiger charge is -2.41. The van der Waals surface area contributed by atoms with Crippen LogP contribution in [0.5, 0.6) is 0 Å². The van der Waals surface area contributed by atoms with Crippen molar-refractivity contribution in [3.05, 3.63) is 29.8 Å². The van der Waals surface area contributed by atoms with E-state index in [2.05, 4.69) is 24.0 Å². The van der Waals surface area contributed by atoms with E-state index in [-0.39, 0.29) is 12.6 Å². The molecule has 0 spiro atoms. The fraction of sp³-hybridized carbons (Fsp3) is 0.562. The van der Waals surface area contributed by atoms with Gasteiger partial charge in [-0.2, -0.15) is 13.2 Å². The number of carbonyl (C=O) groups is 1. The number of anilines is 1. The van der Waals surface area contributed by atoms with Crippen molar-refractivity contribution >= 4 is 11.6 Å². The van der Waals surface area contributed by atoms with E-state index in [1.165, 1.54) is 5.56 Å². The first-order valence-electron chi connectivity index (χ1n) is 7.64. The topological polar surface area (TPSA) is 35.6 Å². The number of nitrogens with zero attached hydrogens (tertiary/aromatic N) is 2. The lowest BCUT2D eigenvalue weighted by atomic mass is 10.1. The first kappa shape index (κ1) is 17.6. The lowest BCUT2D eigenvalue weighted by Crippen LogP contribution is -2.54. The molecule has 1 heterocycles. The molecule has 1 aliphatic heterocycles. The van der Waals surface area contributed by atoms with Crippen LogP contribution in [0.3, 0.4) is 0 Å². The highest BCUT2D eigenvalue weighted by Crippen LogP contribution is 2.21. The summed E-state index contributed by atoms with van der Waals surface area (Å²) in [6, 6.07) is 8.40. The van der Waals surface area contributed by atoms with Gasteiger partial charge in [0.1, 0.15) is 6.54 Å². The van der Waals surface area contributed by atoms with Crippen molar-refractivity contribution in [1.29, 1.82) is 0 Å². The molecule has 0 radical (unpaired) electrons. The van der Waals surface area contributed by atoms with Gasteiger partial charge in [-0.25, -0.2) is 0 Å². The maximum atomic E-state index is 12.1. The van der Waals surface area contributed by atoms with Gasteiger partial charge in [0, 0.05) is 31.4 Å². The van der Waals surface area contributed by atoms with Crippen LogP contribution in [0, 0.1) is 6.92 Å². The number of rotatable bonds is 4. The second-order valence-electron chi connectivity index (χ2n) is 6.01. The summed E-state index contributed by atoms with van der Waals surface area (Å²) in [5.41, 5.74) is 2.32. The third-order valence-electron chi connectivity index (χ3n) is 3.90. The lowest BCUT2D eigenvalue weighted by molar-refractivity contribution is -0.139. The van der Waals surface area contributed by atoms with Gasteiger partial charge < -0.3 is 10.2 Å². The first-order valence-corrected chi connectivity index (χ1v) is 7.64. The van der Waals surface area contributed by atoms with Gasteiger partial charge in [0.15, 0.2) is 0 Å². The number of benzene rings is 1. The van der Waals surface area contributed by atoms with E-state index in [9.17, 15) is 18.0 Å². The molecule has 4 nitrogen and oxygen atoms in total. The first-order chi connectivity index (χ1) is 10.7. The number of hydrogen-bond acceptors (Lipinski definition) is 3. The Bertz CT molecular complexity index is 548. The molecule has 1 atom stereocenters. The van der Waals surface area contributed by atoms with Crippen LogP contribution in [0.25, 0.3) is 0 Å². The molecule has 128 valence electrons. The molecular formula is C16H22F3N3O. The highest BCUT2D eigenvalue weighted by atomic mass is 19.4. The molecule has 0 aromatic heterocycles. The molecule has 0 bridgehead atoms. The van der Waals surface area contributed by atoms with Crippen LogP contribution in [0.4, 0.5) is 18.9 Å². The molecule has 0 unspecified atom stereocenters. The van der Waals surface area contributed by atoms with Crippen LogP contribution in [-0.4, -0.2) is 55.7 Å². The van der Waals surface area contributed by atoms with Gasteiger partial charge in [0.25, 0.3) is 0 Å². The molecule has 0 saturated carbocycles. The second kappa shape index (κ2) is 7.21. The number of amides is 1. The number of aryl methyl sites for hydroxylation is 1. The predicted molar refractivity (Wildman–Crippen MR) is 83.5 cm³/mol. The number of piperazine rings is 1. The fourth-order valence-corrected chi connectivity index (χ4v) is 2.82. The van der Waals surface area contributed by atoms with Gasteiger partial charge in [-0.15, -0.1) is 0 Å². The zero-order valence-electron chi connectivity index (χ0n) is 13.4. The van der Waals surface area contributed by atoms with Crippen molar-refractivity contribution in [2.75, 3.05) is 37.6 Å². The summed E-state index contributed by atoms with van der Waals surface area (Å²) < 4.78 is 36.3. The monoisotopic (exact) mass is 329 g/mol. The Kier molecular flexibility index (Phi) is 5.51. The molecule has 1 aromatic rings. The minimum atomic E-state index is -4.37. The number of halogens is 3. The van der Waals surface area contributed by atoms with Crippen LogP contribution in [-0.2, 0) is 4.79 Å². The zero-order valence-corrected chi connectivity index (χ0v) is 13.4. The minimum absolute atomic E-state index is 0.00206. The van der Waals surface area contributed by atoms with E-state index in [1.54, 1.807) is 0 Å². The molecule has 1 amide bonds. The van der Waals surface area contributed by atoms with Crippen LogP contribution in [0.15, 0.2) is 24.3 Å². The van der Waals surface area contributed by atoms with Gasteiger partial charge in [-0.05, 0) is 31.5 Å². The van der Waals surface area contributed by atoms with Crippen molar-refractivity contribution in [2.24, 2.45) is 0 Å². The van der Waals surface area contributed by atoms with Crippen molar-refractivity contribution < 1.29 is 18.0 Å². The van der Waals surface area contributed by atoms with Crippen LogP contribution < -0.4 is 10.2 Å². The normalized spacial score (nSPS) is 19.7. The Morgan fingerprint density at radius 3 is 2.70 bits per heavy atom. The third-order valence-corrected chi connectivity index (χ3v) is 3.90. The van der Waals surface area contributed by atoms with Crippen LogP contribution >= 0.6 is 0 Å². The van der Waals surface area contributed by atoms with E-state index in [1.807, 2.05) is 29.3 Å². The third kappa shape index (κ3) is 5.42. The highest BCUT2D eigenvalue weighted by molar-refractivity contribution is 5.78. The molecule has 0 aliphatic carbocycles. The van der Waals surface area contributed by atoms with E-state index in [4.69, 9.17) is 0 Å². The average molecular weight is 329 g/mol. The van der Waals surface area contributed by atoms with E-state index < -0.39 is 18.6 Å². The Balaban J connectivity index is 1.85. The number of hydrogen-bond donors (Lipinski definition) is 1. The maximum Gasteiger partial charge on any atom is 0.405 e. The summed E-state index contributed by atoms with van der Waals surface area (Å²) in [4.78, 5) is 15.7. The standard InChI is InChI=1S/C16H22F3N3O/c1-12-4-3-5-14(8-12)22-7-6-21(9-13(22)2)10-15(23)20-11-16(17,18)19/h3-5,8,13H,6-7,9-11H2,1-2H3,(H,20,23)/t13-/m0/s1. The molecule has 1 N–H and O–H groups in total. The Hall–Kier alpha value is -1.76. The van der Waals surface area contributed by atoms with Gasteiger partial charge in [-0.1, -0.05) is 12.1 Å². The molecule has 7 heteroatoms. The summed E-state index contributed by atoms with van der Waals surface area (Å²) in [5.74, 6) is -0.585. The van der Waals surface area contributed by atoms with Gasteiger partial charge in [0.05, 0.1) is 6.54 Å². The van der Waals surface area contributed by atoms with E-state index in [0.29, 0.717) is 13.1 Å². The molecule has 1 saturated heterocycles. The van der Waals surface area contributed by atoms with E-state index in [0.717, 1.165) is 12.2 Å². The smallest absolute Gasteiger partial charge is 0.366 e. The SMILES string of the molecule is Cc1cccc(N2CCN(CC(=O)NCC(F)(F)F)C[C@@H]2C)c1. The van der Waals surface area contributed by atoms with Crippen molar-refractivity contribution in [1.82, 2.24) is 10.2 Å². The molecule has 1 fully saturated rings. The number of carbonyl (C=O) groups excluding carboxylic acids is 1. The fourth-order valence-electron chi connectivity index (χ4n) is 2.82. The van der Waals surface area contributed by atoms with Crippen molar-refractivity contribution in [2.45, 2.75) is 26.1 Å². The number of alkyl halides is 3.